The van der Waals surface area contributed by atoms with Crippen molar-refractivity contribution in [3.63, 3.8) is 0 Å². The third-order valence-corrected chi connectivity index (χ3v) is 25.6. The van der Waals surface area contributed by atoms with Crippen molar-refractivity contribution in [2.75, 3.05) is 4.90 Å². The number of halogens is 1. The Kier molecular flexibility index (Phi) is 15.9. The molecule has 22 aromatic rings. The Bertz CT molecular complexity index is 7640. The van der Waals surface area contributed by atoms with Crippen molar-refractivity contribution < 1.29 is 0 Å². The van der Waals surface area contributed by atoms with Crippen LogP contribution >= 0.6 is 15.9 Å². The van der Waals surface area contributed by atoms with Crippen molar-refractivity contribution in [2.45, 2.75) is 44.9 Å². The van der Waals surface area contributed by atoms with Crippen LogP contribution in [0.2, 0.25) is 0 Å². The first-order valence-corrected chi connectivity index (χ1v) is 40.9. The van der Waals surface area contributed by atoms with Crippen molar-refractivity contribution in [3.8, 4) is 33.6 Å². The first-order valence-electron chi connectivity index (χ1n) is 40.1. The van der Waals surface area contributed by atoms with Crippen LogP contribution in [0.3, 0.4) is 0 Å². The number of para-hydroxylation sites is 4. The van der Waals surface area contributed by atoms with Crippen LogP contribution in [-0.2, 0) is 17.3 Å². The number of hydrogen-bond acceptors (Lipinski definition) is 1. The van der Waals surface area contributed by atoms with Crippen LogP contribution in [0.5, 0.6) is 0 Å². The largest absolute Gasteiger partial charge is 0.310 e. The van der Waals surface area contributed by atoms with Gasteiger partial charge < -0.3 is 14.0 Å². The molecule has 24 rings (SSSR count). The van der Waals surface area contributed by atoms with E-state index < -0.39 is 0 Å². The van der Waals surface area contributed by atoms with Crippen molar-refractivity contribution >= 4 is 163 Å². The Morgan fingerprint density at radius 1 is 0.235 bits per heavy atom. The quantitative estimate of drug-likeness (QED) is 0.145. The van der Waals surface area contributed by atoms with Gasteiger partial charge in [0.05, 0.1) is 22.1 Å². The minimum absolute atomic E-state index is 0.117. The van der Waals surface area contributed by atoms with E-state index in [0.717, 1.165) is 28.0 Å². The van der Waals surface area contributed by atoms with E-state index in [1.807, 2.05) is 0 Å². The second-order valence-corrected chi connectivity index (χ2v) is 33.1. The van der Waals surface area contributed by atoms with Gasteiger partial charge in [0, 0.05) is 86.8 Å². The molecule has 0 radical (unpaired) electrons. The molecule has 20 aromatic carbocycles. The number of aromatic nitrogens is 2. The third-order valence-electron chi connectivity index (χ3n) is 25.2. The Morgan fingerprint density at radius 3 is 0.896 bits per heavy atom. The van der Waals surface area contributed by atoms with Crippen LogP contribution in [0, 0.1) is 0 Å². The van der Waals surface area contributed by atoms with Crippen LogP contribution in [-0.4, -0.2) is 9.13 Å². The lowest BCUT2D eigenvalue weighted by molar-refractivity contribution is 0.660. The second-order valence-electron chi connectivity index (χ2n) is 32.2. The third kappa shape index (κ3) is 10.6. The van der Waals surface area contributed by atoms with Crippen molar-refractivity contribution in [1.29, 1.82) is 0 Å². The summed E-state index contributed by atoms with van der Waals surface area (Å²) in [7, 11) is 0. The zero-order valence-corrected chi connectivity index (χ0v) is 66.0. The molecule has 0 aliphatic heterocycles. The summed E-state index contributed by atoms with van der Waals surface area (Å²) in [6.07, 6.45) is 1.03. The molecule has 115 heavy (non-hydrogen) atoms. The molecule has 3 nitrogen and oxygen atoms in total. The summed E-state index contributed by atoms with van der Waals surface area (Å²) in [5.74, 6) is 0. The lowest BCUT2D eigenvalue weighted by atomic mass is 9.82. The van der Waals surface area contributed by atoms with Crippen molar-refractivity contribution in [2.24, 2.45) is 0 Å². The van der Waals surface area contributed by atoms with Gasteiger partial charge in [0.1, 0.15) is 0 Å². The van der Waals surface area contributed by atoms with E-state index >= 15 is 0 Å². The highest BCUT2D eigenvalue weighted by atomic mass is 79.9. The average molecular weight is 1530 g/mol. The van der Waals surface area contributed by atoms with Gasteiger partial charge in [-0.3, -0.25) is 0 Å². The number of rotatable bonds is 7. The van der Waals surface area contributed by atoms with Gasteiger partial charge in [0.2, 0.25) is 0 Å². The predicted octanol–water partition coefficient (Wildman–Crippen LogP) is 30.9. The Balaban J connectivity index is 0.000000123. The lowest BCUT2D eigenvalue weighted by Crippen LogP contribution is -2.16. The molecule has 0 N–H and O–H groups in total. The fourth-order valence-electron chi connectivity index (χ4n) is 20.0. The summed E-state index contributed by atoms with van der Waals surface area (Å²) in [6.45, 7) is 9.55. The maximum Gasteiger partial charge on any atom is 0.0632 e. The molecule has 0 bridgehead atoms. The summed E-state index contributed by atoms with van der Waals surface area (Å²) >= 11 is 3.76. The molecule has 0 saturated carbocycles. The Morgan fingerprint density at radius 2 is 0.522 bits per heavy atom. The van der Waals surface area contributed by atoms with Crippen LogP contribution < -0.4 is 4.90 Å². The van der Waals surface area contributed by atoms with E-state index in [1.165, 1.54) is 197 Å². The number of anilines is 3. The van der Waals surface area contributed by atoms with E-state index in [2.05, 4.69) is 446 Å². The highest BCUT2D eigenvalue weighted by molar-refractivity contribution is 9.10. The van der Waals surface area contributed by atoms with Crippen molar-refractivity contribution in [3.05, 3.63) is 426 Å². The minimum atomic E-state index is -0.237. The normalized spacial score (nSPS) is 13.1. The molecule has 0 unspecified atom stereocenters. The Hall–Kier alpha value is -13.6. The Labute approximate surface area is 676 Å². The van der Waals surface area contributed by atoms with Gasteiger partial charge in [0.25, 0.3) is 0 Å². The SMILES string of the molecule is CC1(C)c2cc(Br)ccc2-c2cc3c4c5ccccc5c5c6ccccc6c6ccccc6c5c4n(-c4ccccc4)c3cc21.CC1(C)c2cc(N(c3ccccc3)c3ccccc3)ccc2-c2cc3c4c5ccccc5c5c6ccccc6c6ccccc6c5c4n(-c4ccccc4)c3cc21.c1ccc(Cc2ccccc2)cc1. The summed E-state index contributed by atoms with van der Waals surface area (Å²) < 4.78 is 6.25. The van der Waals surface area contributed by atoms with E-state index in [0.29, 0.717) is 0 Å². The summed E-state index contributed by atoms with van der Waals surface area (Å²) in [6, 6.07) is 142. The monoisotopic (exact) mass is 1530 g/mol. The molecule has 0 amide bonds. The van der Waals surface area contributed by atoms with Gasteiger partial charge in [-0.25, -0.2) is 0 Å². The summed E-state index contributed by atoms with van der Waals surface area (Å²) in [5.41, 5.74) is 24.0. The molecule has 2 aromatic heterocycles. The van der Waals surface area contributed by atoms with Gasteiger partial charge >= 0.3 is 0 Å². The maximum absolute atomic E-state index is 3.76. The lowest BCUT2D eigenvalue weighted by Gasteiger charge is -2.28. The number of benzene rings is 20. The minimum Gasteiger partial charge on any atom is -0.310 e. The number of fused-ring (bicyclic) bond motifs is 32. The first kappa shape index (κ1) is 68.2. The molecule has 2 aliphatic carbocycles. The first-order chi connectivity index (χ1) is 56.5. The highest BCUT2D eigenvalue weighted by Crippen LogP contribution is 2.58. The zero-order valence-electron chi connectivity index (χ0n) is 64.4. The molecular formula is C111H78BrN3. The smallest absolute Gasteiger partial charge is 0.0632 e. The molecule has 0 fully saturated rings. The van der Waals surface area contributed by atoms with Crippen LogP contribution in [0.1, 0.15) is 61.1 Å². The topological polar surface area (TPSA) is 13.1 Å². The second kappa shape index (κ2) is 26.8. The molecule has 0 spiro atoms. The molecule has 0 saturated heterocycles. The van der Waals surface area contributed by atoms with E-state index in [4.69, 9.17) is 0 Å². The number of hydrogen-bond donors (Lipinski definition) is 0. The number of nitrogens with zero attached hydrogens (tertiary/aromatic N) is 3. The molecule has 2 aliphatic rings. The zero-order chi connectivity index (χ0) is 76.8. The summed E-state index contributed by atoms with van der Waals surface area (Å²) in [4.78, 5) is 2.37. The van der Waals surface area contributed by atoms with Gasteiger partial charge in [0.15, 0.2) is 0 Å². The fraction of sp³-hybridized carbons (Fsp3) is 0.0631. The molecule has 2 heterocycles. The molecule has 4 heteroatoms. The fourth-order valence-corrected chi connectivity index (χ4v) is 20.4. The van der Waals surface area contributed by atoms with Crippen molar-refractivity contribution in [1.82, 2.24) is 9.13 Å². The standard InChI is InChI=1S/C55H38N2.C43H28BrN.C13H12/c1-55(2)48-32-38(56(35-18-6-3-7-19-35)36-20-8-4-9-21-36)30-31-41(48)46-33-47-50(34-49(46)55)57(37-22-10-5-11-23-37)54-52(47)45-29-17-16-28-44(45)51-42-26-14-12-24-39(42)40-25-13-15-27-43(40)53(51)54;1-43(2)36-22-25(44)20-21-29(36)34-23-35-38(24-37(34)43)45(26-12-4-3-5-13-26)42-40(35)33-19-11-10-18-32(33)39-30-16-8-6-14-27(30)28-15-7-9-17-31(28)41(39)42;1-3-7-12(8-4-1)11-13-9-5-2-6-10-13/h3-34H,1-2H3;3-24H,1-2H3;1-10H,11H2. The van der Waals surface area contributed by atoms with E-state index in [1.54, 1.807) is 0 Å². The summed E-state index contributed by atoms with van der Waals surface area (Å²) in [5, 5.41) is 26.0. The van der Waals surface area contributed by atoms with Gasteiger partial charge in [-0.2, -0.15) is 0 Å². The van der Waals surface area contributed by atoms with Gasteiger partial charge in [-0.1, -0.05) is 335 Å². The van der Waals surface area contributed by atoms with Gasteiger partial charge in [-0.15, -0.1) is 0 Å². The van der Waals surface area contributed by atoms with Crippen LogP contribution in [0.4, 0.5) is 17.1 Å². The van der Waals surface area contributed by atoms with Gasteiger partial charge in [-0.05, 0) is 224 Å². The molecule has 0 atom stereocenters. The average Bonchev–Trinajstić information content (AvgIpc) is 1.56. The highest BCUT2D eigenvalue weighted by Gasteiger charge is 2.40. The van der Waals surface area contributed by atoms with E-state index in [9.17, 15) is 0 Å². The maximum atomic E-state index is 3.76. The van der Waals surface area contributed by atoms with E-state index in [-0.39, 0.29) is 10.8 Å². The molecule has 544 valence electrons. The van der Waals surface area contributed by atoms with Crippen LogP contribution in [0.25, 0.3) is 163 Å². The molecular weight excluding hydrogens is 1460 g/mol. The van der Waals surface area contributed by atoms with Crippen LogP contribution in [0.15, 0.2) is 393 Å². The predicted molar refractivity (Wildman–Crippen MR) is 495 cm³/mol.